The lowest BCUT2D eigenvalue weighted by molar-refractivity contribution is -0.145. The van der Waals surface area contributed by atoms with E-state index in [4.69, 9.17) is 0 Å². The molecule has 12 heteroatoms. The minimum atomic E-state index is -4.52. The van der Waals surface area contributed by atoms with Crippen LogP contribution < -0.4 is 10.8 Å². The normalized spacial score (nSPS) is 12.0. The molecule has 2 amide bonds. The summed E-state index contributed by atoms with van der Waals surface area (Å²) in [7, 11) is 1.18. The molecule has 0 fully saturated rings. The van der Waals surface area contributed by atoms with Gasteiger partial charge in [0.1, 0.15) is 6.04 Å². The summed E-state index contributed by atoms with van der Waals surface area (Å²) < 4.78 is 40.7. The Labute approximate surface area is 220 Å². The van der Waals surface area contributed by atoms with Gasteiger partial charge in [-0.15, -0.1) is 0 Å². The number of hydrogen-bond donors (Lipinski definition) is 2. The predicted octanol–water partition coefficient (Wildman–Crippen LogP) is 3.54. The molecule has 2 aromatic carbocycles. The molecule has 9 nitrogen and oxygen atoms in total. The van der Waals surface area contributed by atoms with Crippen LogP contribution in [0.5, 0.6) is 0 Å². The van der Waals surface area contributed by atoms with Crippen LogP contribution in [0.2, 0.25) is 0 Å². The van der Waals surface area contributed by atoms with Gasteiger partial charge in [0.2, 0.25) is 5.78 Å². The fraction of sp³-hybridized carbons (Fsp3) is 0.148. The number of amides is 2. The number of halogens is 3. The zero-order valence-electron chi connectivity index (χ0n) is 20.5. The number of aromatic nitrogens is 3. The lowest BCUT2D eigenvalue weighted by Gasteiger charge is -2.18. The van der Waals surface area contributed by atoms with Gasteiger partial charge in [0.05, 0.1) is 23.9 Å². The summed E-state index contributed by atoms with van der Waals surface area (Å²) in [5.41, 5.74) is 2.31. The van der Waals surface area contributed by atoms with E-state index in [9.17, 15) is 27.6 Å². The minimum Gasteiger partial charge on any atom is -0.341 e. The summed E-state index contributed by atoms with van der Waals surface area (Å²) in [6, 6.07) is 16.7. The van der Waals surface area contributed by atoms with Gasteiger partial charge >= 0.3 is 12.1 Å². The molecule has 0 aliphatic heterocycles. The number of benzene rings is 2. The highest BCUT2D eigenvalue weighted by molar-refractivity contribution is 6.38. The van der Waals surface area contributed by atoms with Crippen molar-refractivity contribution in [2.75, 3.05) is 7.11 Å². The highest BCUT2D eigenvalue weighted by atomic mass is 19.4. The third kappa shape index (κ3) is 6.54. The van der Waals surface area contributed by atoms with E-state index in [1.165, 1.54) is 54.5 Å². The number of Topliss-reactive ketones (excluding diaryl/α,β-unsaturated/α-hetero) is 1. The van der Waals surface area contributed by atoms with Gasteiger partial charge in [0, 0.05) is 24.4 Å². The molecule has 0 spiro atoms. The first-order valence-electron chi connectivity index (χ1n) is 11.6. The Hall–Kier alpha value is -4.84. The molecule has 1 atom stereocenters. The van der Waals surface area contributed by atoms with Gasteiger partial charge in [0.15, 0.2) is 5.82 Å². The minimum absolute atomic E-state index is 0.0224. The molecule has 0 saturated heterocycles. The summed E-state index contributed by atoms with van der Waals surface area (Å²) in [6.07, 6.45) is -1.62. The number of alkyl halides is 3. The molecule has 2 aromatic heterocycles. The topological polar surface area (TPSA) is 115 Å². The van der Waals surface area contributed by atoms with E-state index in [0.717, 1.165) is 12.1 Å². The van der Waals surface area contributed by atoms with Gasteiger partial charge in [-0.3, -0.25) is 19.2 Å². The van der Waals surface area contributed by atoms with Crippen molar-refractivity contribution in [3.05, 3.63) is 102 Å². The van der Waals surface area contributed by atoms with Crippen LogP contribution in [-0.4, -0.2) is 45.5 Å². The predicted molar refractivity (Wildman–Crippen MR) is 133 cm³/mol. The maximum Gasteiger partial charge on any atom is 0.416 e. The number of ketones is 1. The van der Waals surface area contributed by atoms with Gasteiger partial charge in [0.25, 0.3) is 5.91 Å². The molecular formula is C27H22F3N5O4. The average Bonchev–Trinajstić information content (AvgIpc) is 3.43. The van der Waals surface area contributed by atoms with Gasteiger partial charge in [-0.05, 0) is 35.9 Å². The Bertz CT molecular complexity index is 1490. The molecular weight excluding hydrogens is 515 g/mol. The number of pyridine rings is 1. The van der Waals surface area contributed by atoms with E-state index < -0.39 is 35.4 Å². The zero-order valence-corrected chi connectivity index (χ0v) is 20.5. The molecule has 0 aliphatic carbocycles. The number of nitrogens with zero attached hydrogens (tertiary/aromatic N) is 3. The monoisotopic (exact) mass is 537 g/mol. The molecule has 2 heterocycles. The van der Waals surface area contributed by atoms with Crippen LogP contribution in [-0.2, 0) is 27.0 Å². The van der Waals surface area contributed by atoms with Crippen molar-refractivity contribution in [3.8, 4) is 17.1 Å². The molecule has 0 bridgehead atoms. The lowest BCUT2D eigenvalue weighted by Crippen LogP contribution is -2.48. The van der Waals surface area contributed by atoms with Gasteiger partial charge < -0.3 is 5.32 Å². The van der Waals surface area contributed by atoms with E-state index in [2.05, 4.69) is 20.2 Å². The van der Waals surface area contributed by atoms with Crippen LogP contribution in [0, 0.1) is 0 Å². The second-order valence-corrected chi connectivity index (χ2v) is 8.31. The summed E-state index contributed by atoms with van der Waals surface area (Å²) in [4.78, 5) is 47.0. The first-order valence-corrected chi connectivity index (χ1v) is 11.6. The third-order valence-electron chi connectivity index (χ3n) is 5.65. The first-order chi connectivity index (χ1) is 18.7. The molecule has 0 aliphatic rings. The Morgan fingerprint density at radius 1 is 1.00 bits per heavy atom. The van der Waals surface area contributed by atoms with E-state index >= 15 is 0 Å². The van der Waals surface area contributed by atoms with Crippen molar-refractivity contribution in [3.63, 3.8) is 0 Å². The average molecular weight is 537 g/mol. The smallest absolute Gasteiger partial charge is 0.341 e. The van der Waals surface area contributed by atoms with E-state index in [0.29, 0.717) is 5.56 Å². The van der Waals surface area contributed by atoms with Crippen molar-refractivity contribution >= 4 is 17.6 Å². The van der Waals surface area contributed by atoms with Crippen LogP contribution in [0.4, 0.5) is 13.2 Å². The Morgan fingerprint density at radius 3 is 2.49 bits per heavy atom. The van der Waals surface area contributed by atoms with Gasteiger partial charge in [-0.25, -0.2) is 15.1 Å². The molecule has 1 unspecified atom stereocenters. The number of nitrogens with one attached hydrogen (secondary N) is 2. The number of rotatable bonds is 9. The van der Waals surface area contributed by atoms with Crippen LogP contribution in [0.3, 0.4) is 0 Å². The fourth-order valence-corrected chi connectivity index (χ4v) is 3.80. The SMILES string of the molecule is CONC(=O)C(=O)C(Cc1ccccc1)NC(=O)c1cccnc1-n1ccc(-c2cccc(C(F)(F)F)c2)n1. The summed E-state index contributed by atoms with van der Waals surface area (Å²) in [5.74, 6) is -2.61. The Morgan fingerprint density at radius 2 is 1.77 bits per heavy atom. The maximum absolute atomic E-state index is 13.3. The van der Waals surface area contributed by atoms with E-state index in [-0.39, 0.29) is 29.1 Å². The first kappa shape index (κ1) is 27.2. The molecule has 2 N–H and O–H groups in total. The van der Waals surface area contributed by atoms with Gasteiger partial charge in [-0.2, -0.15) is 18.3 Å². The fourth-order valence-electron chi connectivity index (χ4n) is 3.80. The molecule has 4 aromatic rings. The highest BCUT2D eigenvalue weighted by Gasteiger charge is 2.31. The maximum atomic E-state index is 13.3. The lowest BCUT2D eigenvalue weighted by atomic mass is 10.0. The Balaban J connectivity index is 1.62. The molecule has 0 radical (unpaired) electrons. The van der Waals surface area contributed by atoms with Crippen molar-refractivity contribution in [2.45, 2.75) is 18.6 Å². The van der Waals surface area contributed by atoms with Crippen LogP contribution in [0.15, 0.2) is 85.2 Å². The second kappa shape index (κ2) is 11.7. The number of hydroxylamine groups is 1. The summed E-state index contributed by atoms with van der Waals surface area (Å²) in [5, 5.41) is 6.89. The van der Waals surface area contributed by atoms with E-state index in [1.54, 1.807) is 30.3 Å². The highest BCUT2D eigenvalue weighted by Crippen LogP contribution is 2.32. The third-order valence-corrected chi connectivity index (χ3v) is 5.65. The van der Waals surface area contributed by atoms with Crippen molar-refractivity contribution in [1.82, 2.24) is 25.6 Å². The van der Waals surface area contributed by atoms with Crippen molar-refractivity contribution < 1.29 is 32.4 Å². The van der Waals surface area contributed by atoms with Crippen LogP contribution in [0.1, 0.15) is 21.5 Å². The molecule has 0 saturated carbocycles. The largest absolute Gasteiger partial charge is 0.416 e. The standard InChI is InChI=1S/C27H22F3N5O4/c1-39-34-26(38)23(36)22(15-17-7-3-2-4-8-17)32-25(37)20-11-6-13-31-24(20)35-14-12-21(33-35)18-9-5-10-19(16-18)27(28,29)30/h2-14,16,22H,15H2,1H3,(H,32,37)(H,34,38). The number of hydrogen-bond acceptors (Lipinski definition) is 6. The Kier molecular flexibility index (Phi) is 8.15. The molecule has 4 rings (SSSR count). The molecule has 39 heavy (non-hydrogen) atoms. The van der Waals surface area contributed by atoms with Crippen LogP contribution >= 0.6 is 0 Å². The van der Waals surface area contributed by atoms with Gasteiger partial charge in [-0.1, -0.05) is 42.5 Å². The summed E-state index contributed by atoms with van der Waals surface area (Å²) in [6.45, 7) is 0. The zero-order chi connectivity index (χ0) is 28.0. The number of carbonyl (C=O) groups excluding carboxylic acids is 3. The molecule has 200 valence electrons. The van der Waals surface area contributed by atoms with Crippen molar-refractivity contribution in [1.29, 1.82) is 0 Å². The van der Waals surface area contributed by atoms with Crippen molar-refractivity contribution in [2.24, 2.45) is 0 Å². The number of carbonyl (C=O) groups is 3. The van der Waals surface area contributed by atoms with Crippen LogP contribution in [0.25, 0.3) is 17.1 Å². The quantitative estimate of drug-likeness (QED) is 0.249. The summed E-state index contributed by atoms with van der Waals surface area (Å²) >= 11 is 0. The van der Waals surface area contributed by atoms with E-state index in [1.807, 2.05) is 5.48 Å². The second-order valence-electron chi connectivity index (χ2n) is 8.31.